The maximum atomic E-state index is 12.3. The predicted octanol–water partition coefficient (Wildman–Crippen LogP) is 3.87. The minimum atomic E-state index is -0.265. The van der Waals surface area contributed by atoms with Crippen LogP contribution in [0.25, 0.3) is 21.2 Å². The van der Waals surface area contributed by atoms with Gasteiger partial charge in [0.1, 0.15) is 22.8 Å². The van der Waals surface area contributed by atoms with Crippen LogP contribution in [0.4, 0.5) is 0 Å². The van der Waals surface area contributed by atoms with Crippen LogP contribution < -0.4 is 10.1 Å². The lowest BCUT2D eigenvalue weighted by Gasteiger charge is -2.06. The Bertz CT molecular complexity index is 1100. The molecule has 132 valence electrons. The molecule has 0 bridgehead atoms. The first-order valence-corrected chi connectivity index (χ1v) is 8.97. The van der Waals surface area contributed by atoms with Crippen LogP contribution in [0.2, 0.25) is 0 Å². The first-order chi connectivity index (χ1) is 12.7. The van der Waals surface area contributed by atoms with E-state index in [1.54, 1.807) is 36.6 Å². The van der Waals surface area contributed by atoms with E-state index in [4.69, 9.17) is 14.3 Å². The van der Waals surface area contributed by atoms with Gasteiger partial charge in [0.2, 0.25) is 0 Å². The van der Waals surface area contributed by atoms with Crippen LogP contribution in [0.15, 0.2) is 46.3 Å². The summed E-state index contributed by atoms with van der Waals surface area (Å²) in [7, 11) is 0. The summed E-state index contributed by atoms with van der Waals surface area (Å²) in [5.74, 6) is 1.61. The molecule has 0 saturated carbocycles. The zero-order valence-electron chi connectivity index (χ0n) is 14.0. The first kappa shape index (κ1) is 16.6. The van der Waals surface area contributed by atoms with E-state index in [2.05, 4.69) is 10.3 Å². The molecule has 7 heteroatoms. The number of rotatable bonds is 5. The van der Waals surface area contributed by atoms with Gasteiger partial charge >= 0.3 is 0 Å². The third-order valence-corrected chi connectivity index (χ3v) is 4.92. The average molecular weight is 368 g/mol. The summed E-state index contributed by atoms with van der Waals surface area (Å²) in [5, 5.41) is 14.2. The number of benzene rings is 1. The van der Waals surface area contributed by atoms with E-state index in [-0.39, 0.29) is 19.1 Å². The third kappa shape index (κ3) is 2.91. The molecule has 2 N–H and O–H groups in total. The van der Waals surface area contributed by atoms with Crippen LogP contribution in [-0.4, -0.2) is 29.1 Å². The second-order valence-electron chi connectivity index (χ2n) is 5.72. The van der Waals surface area contributed by atoms with Gasteiger partial charge in [-0.25, -0.2) is 0 Å². The number of furan rings is 1. The lowest BCUT2D eigenvalue weighted by Crippen LogP contribution is -2.26. The Morgan fingerprint density at radius 2 is 2.23 bits per heavy atom. The number of nitrogens with zero attached hydrogens (tertiary/aromatic N) is 1. The number of amides is 1. The molecule has 3 aromatic heterocycles. The van der Waals surface area contributed by atoms with Gasteiger partial charge in [0, 0.05) is 30.3 Å². The molecule has 3 heterocycles. The van der Waals surface area contributed by atoms with Crippen molar-refractivity contribution in [2.45, 2.75) is 6.92 Å². The first-order valence-electron chi connectivity index (χ1n) is 8.09. The van der Waals surface area contributed by atoms with Crippen molar-refractivity contribution in [3.8, 4) is 11.5 Å². The van der Waals surface area contributed by atoms with Gasteiger partial charge in [-0.3, -0.25) is 9.78 Å². The Balaban J connectivity index is 1.68. The summed E-state index contributed by atoms with van der Waals surface area (Å²) >= 11 is 1.57. The lowest BCUT2D eigenvalue weighted by atomic mass is 10.1. The largest absolute Gasteiger partial charge is 0.460 e. The van der Waals surface area contributed by atoms with Gasteiger partial charge in [-0.15, -0.1) is 11.3 Å². The molecule has 0 radical (unpaired) electrons. The number of aliphatic hydroxyl groups excluding tert-OH is 1. The average Bonchev–Trinajstić information content (AvgIpc) is 3.23. The Morgan fingerprint density at radius 3 is 3.08 bits per heavy atom. The molecule has 0 aliphatic rings. The SMILES string of the molecule is Cc1oc2cc(Oc3ccnc4ccsc34)ccc2c1C(=O)NCCO. The summed E-state index contributed by atoms with van der Waals surface area (Å²) in [6.07, 6.45) is 1.71. The standard InChI is InChI=1S/C19H16N2O4S/c1-11-17(19(23)21-7-8-22)13-3-2-12(10-16(13)24-11)25-15-4-6-20-14-5-9-26-18(14)15/h2-6,9-10,22H,7-8H2,1H3,(H,21,23). The van der Waals surface area contributed by atoms with Crippen molar-refractivity contribution in [3.63, 3.8) is 0 Å². The molecule has 0 unspecified atom stereocenters. The van der Waals surface area contributed by atoms with Gasteiger partial charge < -0.3 is 19.6 Å². The number of nitrogens with one attached hydrogen (secondary N) is 1. The molecule has 4 rings (SSSR count). The van der Waals surface area contributed by atoms with Crippen molar-refractivity contribution >= 4 is 38.4 Å². The maximum absolute atomic E-state index is 12.3. The molecule has 1 aromatic carbocycles. The van der Waals surface area contributed by atoms with E-state index in [0.29, 0.717) is 28.0 Å². The molecule has 0 aliphatic heterocycles. The van der Waals surface area contributed by atoms with E-state index in [1.165, 1.54) is 0 Å². The van der Waals surface area contributed by atoms with Crippen LogP contribution in [0.3, 0.4) is 0 Å². The number of pyridine rings is 1. The second-order valence-corrected chi connectivity index (χ2v) is 6.63. The minimum absolute atomic E-state index is 0.109. The van der Waals surface area contributed by atoms with Gasteiger partial charge in [-0.1, -0.05) is 0 Å². The van der Waals surface area contributed by atoms with Crippen molar-refractivity contribution in [2.75, 3.05) is 13.2 Å². The van der Waals surface area contributed by atoms with Crippen LogP contribution >= 0.6 is 11.3 Å². The predicted molar refractivity (Wildman–Crippen MR) is 100 cm³/mol. The minimum Gasteiger partial charge on any atom is -0.460 e. The summed E-state index contributed by atoms with van der Waals surface area (Å²) in [6.45, 7) is 1.83. The quantitative estimate of drug-likeness (QED) is 0.559. The van der Waals surface area contributed by atoms with Gasteiger partial charge in [0.05, 0.1) is 22.4 Å². The van der Waals surface area contributed by atoms with Crippen LogP contribution in [0.5, 0.6) is 11.5 Å². The van der Waals surface area contributed by atoms with Crippen molar-refractivity contribution in [3.05, 3.63) is 53.2 Å². The molecular formula is C19H16N2O4S. The molecule has 6 nitrogen and oxygen atoms in total. The van der Waals surface area contributed by atoms with E-state index in [0.717, 1.165) is 16.0 Å². The topological polar surface area (TPSA) is 84.6 Å². The summed E-state index contributed by atoms with van der Waals surface area (Å²) in [5.41, 5.74) is 1.94. The zero-order valence-corrected chi connectivity index (χ0v) is 14.8. The van der Waals surface area contributed by atoms with Gasteiger partial charge in [0.25, 0.3) is 5.91 Å². The fourth-order valence-corrected chi connectivity index (χ4v) is 3.66. The van der Waals surface area contributed by atoms with E-state index in [9.17, 15) is 4.79 Å². The number of thiophene rings is 1. The molecular weight excluding hydrogens is 352 g/mol. The number of ether oxygens (including phenoxy) is 1. The highest BCUT2D eigenvalue weighted by Gasteiger charge is 2.18. The maximum Gasteiger partial charge on any atom is 0.255 e. The molecule has 0 saturated heterocycles. The van der Waals surface area contributed by atoms with E-state index >= 15 is 0 Å². The Kier molecular flexibility index (Phi) is 4.32. The summed E-state index contributed by atoms with van der Waals surface area (Å²) < 4.78 is 12.7. The number of aromatic nitrogens is 1. The molecule has 4 aromatic rings. The second kappa shape index (κ2) is 6.78. The number of fused-ring (bicyclic) bond motifs is 2. The number of hydrogen-bond donors (Lipinski definition) is 2. The Labute approximate surface area is 153 Å². The number of hydrogen-bond acceptors (Lipinski definition) is 6. The third-order valence-electron chi connectivity index (χ3n) is 4.00. The van der Waals surface area contributed by atoms with Crippen molar-refractivity contribution in [1.29, 1.82) is 0 Å². The molecule has 0 fully saturated rings. The van der Waals surface area contributed by atoms with Crippen LogP contribution in [0.1, 0.15) is 16.1 Å². The van der Waals surface area contributed by atoms with E-state index < -0.39 is 0 Å². The van der Waals surface area contributed by atoms with Gasteiger partial charge in [-0.2, -0.15) is 0 Å². The summed E-state index contributed by atoms with van der Waals surface area (Å²) in [4.78, 5) is 16.6. The van der Waals surface area contributed by atoms with Crippen LogP contribution in [0, 0.1) is 6.92 Å². The summed E-state index contributed by atoms with van der Waals surface area (Å²) in [6, 6.07) is 9.15. The highest BCUT2D eigenvalue weighted by atomic mass is 32.1. The Morgan fingerprint density at radius 1 is 1.35 bits per heavy atom. The zero-order chi connectivity index (χ0) is 18.1. The van der Waals surface area contributed by atoms with Crippen molar-refractivity contribution < 1.29 is 19.1 Å². The molecule has 26 heavy (non-hydrogen) atoms. The highest BCUT2D eigenvalue weighted by Crippen LogP contribution is 2.35. The normalized spacial score (nSPS) is 11.2. The number of carbonyl (C=O) groups is 1. The fourth-order valence-electron chi connectivity index (χ4n) is 2.86. The molecule has 0 spiro atoms. The van der Waals surface area contributed by atoms with Crippen LogP contribution in [-0.2, 0) is 0 Å². The molecule has 1 amide bonds. The smallest absolute Gasteiger partial charge is 0.255 e. The number of aliphatic hydroxyl groups is 1. The molecule has 0 atom stereocenters. The van der Waals surface area contributed by atoms with Crippen molar-refractivity contribution in [2.24, 2.45) is 0 Å². The van der Waals surface area contributed by atoms with E-state index in [1.807, 2.05) is 23.6 Å². The highest BCUT2D eigenvalue weighted by molar-refractivity contribution is 7.17. The number of aryl methyl sites for hydroxylation is 1. The monoisotopic (exact) mass is 368 g/mol. The van der Waals surface area contributed by atoms with Gasteiger partial charge in [-0.05, 0) is 30.5 Å². The Hall–Kier alpha value is -2.90. The van der Waals surface area contributed by atoms with Crippen molar-refractivity contribution in [1.82, 2.24) is 10.3 Å². The van der Waals surface area contributed by atoms with Gasteiger partial charge in [0.15, 0.2) is 0 Å². The number of carbonyl (C=O) groups excluding carboxylic acids is 1. The lowest BCUT2D eigenvalue weighted by molar-refractivity contribution is 0.0944. The molecule has 0 aliphatic carbocycles. The fraction of sp³-hybridized carbons (Fsp3) is 0.158.